The molecule has 0 unspecified atom stereocenters. The topological polar surface area (TPSA) is 97.3 Å². The van der Waals surface area contributed by atoms with Crippen LogP contribution in [-0.2, 0) is 14.2 Å². The van der Waals surface area contributed by atoms with Crippen LogP contribution in [0.25, 0.3) is 0 Å². The summed E-state index contributed by atoms with van der Waals surface area (Å²) in [7, 11) is -1.95. The fourth-order valence-corrected chi connectivity index (χ4v) is 4.16. The Morgan fingerprint density at radius 2 is 2.20 bits per heavy atom. The van der Waals surface area contributed by atoms with E-state index in [9.17, 15) is 14.8 Å². The molecule has 8 heteroatoms. The van der Waals surface area contributed by atoms with E-state index in [-0.39, 0.29) is 30.0 Å². The molecule has 1 aromatic carbocycles. The molecule has 2 fully saturated rings. The van der Waals surface area contributed by atoms with E-state index in [4.69, 9.17) is 14.1 Å². The molecule has 3 aliphatic rings. The number of para-hydroxylation sites is 1. The molecule has 0 aromatic heterocycles. The molecule has 0 saturated carbocycles. The van der Waals surface area contributed by atoms with E-state index >= 15 is 0 Å². The van der Waals surface area contributed by atoms with Gasteiger partial charge in [0, 0.05) is 17.9 Å². The second-order valence-corrected chi connectivity index (χ2v) is 6.96. The molecule has 0 spiro atoms. The van der Waals surface area contributed by atoms with Gasteiger partial charge in [0.1, 0.15) is 12.0 Å². The lowest BCUT2D eigenvalue weighted by Crippen LogP contribution is -2.46. The lowest BCUT2D eigenvalue weighted by Gasteiger charge is -2.25. The third kappa shape index (κ3) is 3.53. The SMILES string of the molecule is O=C(N[C@@H](C[C@@H]1COc2ccccc21)OB(O)O)[C@H]1C[C@H]2CC[C@@H]1O2. The van der Waals surface area contributed by atoms with Crippen LogP contribution in [0.3, 0.4) is 0 Å². The van der Waals surface area contributed by atoms with Crippen LogP contribution in [0.2, 0.25) is 0 Å². The Hall–Kier alpha value is -1.61. The number of carbonyl (C=O) groups excluding carboxylic acids is 1. The van der Waals surface area contributed by atoms with E-state index in [1.54, 1.807) is 0 Å². The molecule has 3 heterocycles. The van der Waals surface area contributed by atoms with Crippen molar-refractivity contribution >= 4 is 13.2 Å². The number of fused-ring (bicyclic) bond motifs is 3. The zero-order chi connectivity index (χ0) is 17.4. The standard InChI is InChI=1S/C17H22BNO6/c20-17(13-8-11-5-6-15(13)24-11)19-16(25-18(21)22)7-10-9-23-14-4-2-1-3-12(10)14/h1-4,10-11,13,15-16,21-22H,5-9H2,(H,19,20)/t10-,11-,13+,15+,16-/m1/s1. The van der Waals surface area contributed by atoms with Gasteiger partial charge in [0.2, 0.25) is 5.91 Å². The molecule has 1 aromatic rings. The van der Waals surface area contributed by atoms with Crippen molar-refractivity contribution in [2.24, 2.45) is 5.92 Å². The van der Waals surface area contributed by atoms with Crippen LogP contribution in [-0.4, -0.2) is 48.3 Å². The highest BCUT2D eigenvalue weighted by molar-refractivity contribution is 6.32. The van der Waals surface area contributed by atoms with Gasteiger partial charge >= 0.3 is 7.32 Å². The normalized spacial score (nSPS) is 30.6. The van der Waals surface area contributed by atoms with Crippen molar-refractivity contribution in [2.75, 3.05) is 6.61 Å². The Labute approximate surface area is 146 Å². The van der Waals surface area contributed by atoms with Gasteiger partial charge in [-0.05, 0) is 25.3 Å². The maximum absolute atomic E-state index is 12.6. The van der Waals surface area contributed by atoms with Gasteiger partial charge in [0.15, 0.2) is 0 Å². The first-order valence-corrected chi connectivity index (χ1v) is 8.79. The van der Waals surface area contributed by atoms with E-state index in [1.165, 1.54) is 0 Å². The summed E-state index contributed by atoms with van der Waals surface area (Å²) in [4.78, 5) is 12.6. The van der Waals surface area contributed by atoms with Crippen LogP contribution in [0.1, 0.15) is 37.2 Å². The van der Waals surface area contributed by atoms with E-state index < -0.39 is 13.5 Å². The molecule has 7 nitrogen and oxygen atoms in total. The first-order valence-electron chi connectivity index (χ1n) is 8.79. The second kappa shape index (κ2) is 6.95. The van der Waals surface area contributed by atoms with E-state index in [0.717, 1.165) is 30.6 Å². The average Bonchev–Trinajstić information content (AvgIpc) is 3.30. The third-order valence-corrected chi connectivity index (χ3v) is 5.33. The Balaban J connectivity index is 1.41. The lowest BCUT2D eigenvalue weighted by molar-refractivity contribution is -0.129. The molecule has 5 atom stereocenters. The highest BCUT2D eigenvalue weighted by atomic mass is 16.6. The predicted molar refractivity (Wildman–Crippen MR) is 88.5 cm³/mol. The molecule has 0 radical (unpaired) electrons. The molecule has 0 aliphatic carbocycles. The van der Waals surface area contributed by atoms with E-state index in [2.05, 4.69) is 5.32 Å². The fourth-order valence-electron chi connectivity index (χ4n) is 4.16. The molecule has 134 valence electrons. The van der Waals surface area contributed by atoms with Gasteiger partial charge in [0.25, 0.3) is 0 Å². The van der Waals surface area contributed by atoms with Gasteiger partial charge in [-0.15, -0.1) is 0 Å². The summed E-state index contributed by atoms with van der Waals surface area (Å²) in [5.41, 5.74) is 1.04. The Kier molecular flexibility index (Phi) is 4.68. The maximum atomic E-state index is 12.6. The van der Waals surface area contributed by atoms with Crippen LogP contribution >= 0.6 is 0 Å². The Morgan fingerprint density at radius 1 is 1.36 bits per heavy atom. The molecule has 1 amide bonds. The molecule has 4 rings (SSSR count). The number of amides is 1. The molecule has 2 bridgehead atoms. The summed E-state index contributed by atoms with van der Waals surface area (Å²) in [5, 5.41) is 21.2. The van der Waals surface area contributed by atoms with Crippen LogP contribution in [0.5, 0.6) is 5.75 Å². The molecular weight excluding hydrogens is 325 g/mol. The predicted octanol–water partition coefficient (Wildman–Crippen LogP) is 0.549. The van der Waals surface area contributed by atoms with Crippen LogP contribution < -0.4 is 10.1 Å². The zero-order valence-corrected chi connectivity index (χ0v) is 13.8. The van der Waals surface area contributed by atoms with Crippen molar-refractivity contribution in [3.8, 4) is 5.75 Å². The average molecular weight is 347 g/mol. The fraction of sp³-hybridized carbons (Fsp3) is 0.588. The molecule has 3 aliphatic heterocycles. The van der Waals surface area contributed by atoms with Gasteiger partial charge in [-0.2, -0.15) is 0 Å². The third-order valence-electron chi connectivity index (χ3n) is 5.33. The minimum Gasteiger partial charge on any atom is -0.493 e. The number of carbonyl (C=O) groups is 1. The number of nitrogens with one attached hydrogen (secondary N) is 1. The summed E-state index contributed by atoms with van der Waals surface area (Å²) in [6.45, 7) is 0.480. The number of rotatable bonds is 6. The minimum absolute atomic E-state index is 0.0246. The second-order valence-electron chi connectivity index (χ2n) is 6.96. The number of ether oxygens (including phenoxy) is 2. The van der Waals surface area contributed by atoms with Crippen molar-refractivity contribution in [3.63, 3.8) is 0 Å². The van der Waals surface area contributed by atoms with Gasteiger partial charge in [-0.25, -0.2) is 0 Å². The van der Waals surface area contributed by atoms with E-state index in [0.29, 0.717) is 13.0 Å². The minimum atomic E-state index is -1.95. The Morgan fingerprint density at radius 3 is 2.92 bits per heavy atom. The van der Waals surface area contributed by atoms with E-state index in [1.807, 2.05) is 24.3 Å². The smallest absolute Gasteiger partial charge is 0.493 e. The van der Waals surface area contributed by atoms with Crippen molar-refractivity contribution < 1.29 is 29.0 Å². The van der Waals surface area contributed by atoms with Crippen molar-refractivity contribution in [1.29, 1.82) is 0 Å². The largest absolute Gasteiger partial charge is 0.635 e. The van der Waals surface area contributed by atoms with Crippen LogP contribution in [0, 0.1) is 5.92 Å². The van der Waals surface area contributed by atoms with Gasteiger partial charge < -0.3 is 29.5 Å². The number of hydrogen-bond acceptors (Lipinski definition) is 6. The van der Waals surface area contributed by atoms with Gasteiger partial charge in [-0.3, -0.25) is 4.79 Å². The quantitative estimate of drug-likeness (QED) is 0.514. The Bertz CT molecular complexity index is 641. The molecule has 25 heavy (non-hydrogen) atoms. The summed E-state index contributed by atoms with van der Waals surface area (Å²) in [6, 6.07) is 7.72. The maximum Gasteiger partial charge on any atom is 0.635 e. The summed E-state index contributed by atoms with van der Waals surface area (Å²) in [6.07, 6.45) is 2.40. The van der Waals surface area contributed by atoms with Crippen molar-refractivity contribution in [3.05, 3.63) is 29.8 Å². The first-order chi connectivity index (χ1) is 12.1. The molecule has 3 N–H and O–H groups in total. The van der Waals surface area contributed by atoms with Gasteiger partial charge in [0.05, 0.1) is 24.7 Å². The summed E-state index contributed by atoms with van der Waals surface area (Å²) < 4.78 is 16.5. The number of hydrogen-bond donors (Lipinski definition) is 3. The summed E-state index contributed by atoms with van der Waals surface area (Å²) in [5.74, 6) is 0.512. The monoisotopic (exact) mass is 347 g/mol. The molecule has 2 saturated heterocycles. The van der Waals surface area contributed by atoms with Crippen LogP contribution in [0.15, 0.2) is 24.3 Å². The van der Waals surface area contributed by atoms with Crippen molar-refractivity contribution in [1.82, 2.24) is 5.32 Å². The lowest BCUT2D eigenvalue weighted by atomic mass is 9.88. The number of benzene rings is 1. The highest BCUT2D eigenvalue weighted by Crippen LogP contribution is 2.39. The highest BCUT2D eigenvalue weighted by Gasteiger charge is 2.45. The van der Waals surface area contributed by atoms with Gasteiger partial charge in [-0.1, -0.05) is 18.2 Å². The van der Waals surface area contributed by atoms with Crippen molar-refractivity contribution in [2.45, 2.75) is 50.0 Å². The van der Waals surface area contributed by atoms with Crippen LogP contribution in [0.4, 0.5) is 0 Å². The first kappa shape index (κ1) is 16.8. The summed E-state index contributed by atoms with van der Waals surface area (Å²) >= 11 is 0. The molecular formula is C17H22BNO6. The zero-order valence-electron chi connectivity index (χ0n) is 13.8.